The number of amides is 11. The van der Waals surface area contributed by atoms with E-state index in [-0.39, 0.29) is 120 Å². The summed E-state index contributed by atoms with van der Waals surface area (Å²) in [5, 5.41) is 68.3. The third-order valence-electron chi connectivity index (χ3n) is 17.4. The average Bonchev–Trinajstić information content (AvgIpc) is 1.62. The monoisotopic (exact) mass is 1490 g/mol. The number of guanidine groups is 1. The number of thiol groups is 1. The zero-order valence-corrected chi connectivity index (χ0v) is 60.2. The molecule has 12 unspecified atom stereocenters. The quantitative estimate of drug-likeness (QED) is 0.0126. The van der Waals surface area contributed by atoms with Crippen LogP contribution in [0.25, 0.3) is 0 Å². The SMILES string of the molecule is CC(C)C(NC(=O)C(CCCCN)NC(=O)C(CCCN=C(N)N)NC(=O)C(CCCCN)NC(=O)C(CCCCN)NC(=O)C(CCCCN)NC(=O)C1CCCN1)C(=O)NC(CCC(=O)O)C(=O)NC(CC(=O)O)C(=O)N1CCCC1C(=O)NC(Cc1ccc(O)cc1)C(=O)NC(CS)C(=O)O. The van der Waals surface area contributed by atoms with Crippen LogP contribution in [0.2, 0.25) is 0 Å². The minimum absolute atomic E-state index is 0.00220. The van der Waals surface area contributed by atoms with Gasteiger partial charge in [0.2, 0.25) is 65.0 Å². The van der Waals surface area contributed by atoms with Crippen molar-refractivity contribution in [1.82, 2.24) is 63.4 Å². The Morgan fingerprint density at radius 1 is 0.510 bits per heavy atom. The molecule has 0 spiro atoms. The van der Waals surface area contributed by atoms with Crippen molar-refractivity contribution in [2.75, 3.05) is 51.6 Å². The van der Waals surface area contributed by atoms with Crippen molar-refractivity contribution < 1.29 is 87.5 Å². The number of nitrogens with two attached hydrogens (primary N) is 6. The first-order valence-corrected chi connectivity index (χ1v) is 36.1. The first-order chi connectivity index (χ1) is 49.5. The molecule has 0 radical (unpaired) electrons. The Hall–Kier alpha value is -8.98. The number of rotatable bonds is 51. The maximum Gasteiger partial charge on any atom is 0.327 e. The van der Waals surface area contributed by atoms with Crippen molar-refractivity contribution in [2.45, 2.75) is 228 Å². The molecular weight excluding hydrogens is 1380 g/mol. The summed E-state index contributed by atoms with van der Waals surface area (Å²) in [5.74, 6) is -15.7. The topological polar surface area (TPSA) is 624 Å². The molecule has 1 aromatic carbocycles. The predicted molar refractivity (Wildman–Crippen MR) is 384 cm³/mol. The summed E-state index contributed by atoms with van der Waals surface area (Å²) in [6.45, 7) is 4.46. The van der Waals surface area contributed by atoms with Crippen LogP contribution in [0.3, 0.4) is 0 Å². The number of nitrogens with zero attached hydrogens (tertiary/aromatic N) is 2. The number of aliphatic imine (C=N–C) groups is 1. The Morgan fingerprint density at radius 2 is 0.933 bits per heavy atom. The van der Waals surface area contributed by atoms with Gasteiger partial charge in [-0.25, -0.2) is 4.79 Å². The molecule has 2 aliphatic rings. The molecule has 0 aliphatic carbocycles. The third-order valence-corrected chi connectivity index (χ3v) is 17.8. The van der Waals surface area contributed by atoms with Crippen molar-refractivity contribution in [2.24, 2.45) is 45.3 Å². The second-order valence-corrected chi connectivity index (χ2v) is 26.5. The average molecular weight is 1490 g/mol. The molecule has 1 aromatic rings. The number of unbranched alkanes of at least 4 members (excludes halogenated alkanes) is 4. The lowest BCUT2D eigenvalue weighted by molar-refractivity contribution is -0.146. The number of carbonyl (C=O) groups is 14. The van der Waals surface area contributed by atoms with Crippen LogP contribution in [-0.4, -0.2) is 238 Å². The maximum absolute atomic E-state index is 14.7. The van der Waals surface area contributed by atoms with Gasteiger partial charge in [0.15, 0.2) is 5.96 Å². The Morgan fingerprint density at radius 3 is 1.36 bits per heavy atom. The largest absolute Gasteiger partial charge is 0.508 e. The van der Waals surface area contributed by atoms with Gasteiger partial charge in [0.25, 0.3) is 0 Å². The first kappa shape index (κ1) is 89.2. The highest BCUT2D eigenvalue weighted by atomic mass is 32.1. The predicted octanol–water partition coefficient (Wildman–Crippen LogP) is -4.89. The summed E-state index contributed by atoms with van der Waals surface area (Å²) in [7, 11) is 0. The summed E-state index contributed by atoms with van der Waals surface area (Å²) >= 11 is 3.99. The van der Waals surface area contributed by atoms with Gasteiger partial charge in [0, 0.05) is 31.7 Å². The van der Waals surface area contributed by atoms with Crippen molar-refractivity contribution in [3.05, 3.63) is 29.8 Å². The lowest BCUT2D eigenvalue weighted by atomic mass is 10.00. The van der Waals surface area contributed by atoms with E-state index in [2.05, 4.69) is 76.1 Å². The minimum Gasteiger partial charge on any atom is -0.508 e. The standard InChI is InChI=1S/C66H111N19O18S/c1-37(2)53(63(100)80-46(25-26-51(87)88)59(96)82-48(35-52(89)90)64(101)85-33-13-20-50(85)62(99)81-47(34-38-21-23-39(86)24-22-38)61(98)83-49(36-104)65(102)103)84-60(97)44(17-6-10-30-70)78-58(95)45(19-12-32-74-66(71)72)79-57(94)43(16-5-9-29-69)77-56(93)42(15-4-8-28-68)76-55(92)41(14-3-7-27-67)75-54(91)40-18-11-31-73-40/h21-24,37,40-50,53,73,86,104H,3-20,25-36,67-70H2,1-2H3,(H,75,91)(H,76,92)(H,77,93)(H,78,95)(H,79,94)(H,80,100)(H,81,99)(H,82,96)(H,83,98)(H,84,97)(H,87,88)(H,89,90)(H,102,103)(H4,71,72,74). The summed E-state index contributed by atoms with van der Waals surface area (Å²) < 4.78 is 0. The van der Waals surface area contributed by atoms with Crippen LogP contribution in [0.1, 0.15) is 154 Å². The fourth-order valence-corrected chi connectivity index (χ4v) is 11.9. The number of carbonyl (C=O) groups excluding carboxylic acids is 11. The molecule has 584 valence electrons. The highest BCUT2D eigenvalue weighted by molar-refractivity contribution is 7.80. The van der Waals surface area contributed by atoms with Crippen molar-refractivity contribution in [1.29, 1.82) is 0 Å². The number of aromatic hydroxyl groups is 1. The minimum atomic E-state index is -1.96. The number of hydrogen-bond donors (Lipinski definition) is 22. The van der Waals surface area contributed by atoms with Crippen LogP contribution in [0.5, 0.6) is 5.75 Å². The lowest BCUT2D eigenvalue weighted by Crippen LogP contribution is -2.61. The smallest absolute Gasteiger partial charge is 0.327 e. The second kappa shape index (κ2) is 48.1. The van der Waals surface area contributed by atoms with Gasteiger partial charge < -0.3 is 118 Å². The van der Waals surface area contributed by atoms with Crippen molar-refractivity contribution in [3.8, 4) is 5.75 Å². The fourth-order valence-electron chi connectivity index (χ4n) is 11.6. The van der Waals surface area contributed by atoms with E-state index < -0.39 is 175 Å². The van der Waals surface area contributed by atoms with Gasteiger partial charge in [-0.3, -0.25) is 67.3 Å². The van der Waals surface area contributed by atoms with Crippen LogP contribution in [0.4, 0.5) is 0 Å². The van der Waals surface area contributed by atoms with Crippen molar-refractivity contribution >= 4 is 101 Å². The van der Waals surface area contributed by atoms with Crippen LogP contribution in [0, 0.1) is 5.92 Å². The highest BCUT2D eigenvalue weighted by Crippen LogP contribution is 2.22. The van der Waals surface area contributed by atoms with E-state index in [0.717, 1.165) is 11.3 Å². The molecule has 2 aliphatic heterocycles. The molecule has 0 bridgehead atoms. The van der Waals surface area contributed by atoms with E-state index in [4.69, 9.17) is 34.4 Å². The number of nitrogens with one attached hydrogen (secondary N) is 11. The van der Waals surface area contributed by atoms with Crippen LogP contribution in [-0.2, 0) is 73.5 Å². The maximum atomic E-state index is 14.7. The zero-order chi connectivity index (χ0) is 77.4. The van der Waals surface area contributed by atoms with Gasteiger partial charge in [0.05, 0.1) is 12.5 Å². The fraction of sp³-hybridized carbons (Fsp3) is 0.682. The molecule has 2 fully saturated rings. The summed E-state index contributed by atoms with van der Waals surface area (Å²) in [4.78, 5) is 198. The number of hydrogen-bond acceptors (Lipinski definition) is 22. The molecule has 2 saturated heterocycles. The Labute approximate surface area is 610 Å². The third kappa shape index (κ3) is 32.4. The Balaban J connectivity index is 1.95. The molecule has 11 amide bonds. The van der Waals surface area contributed by atoms with E-state index in [9.17, 15) is 87.5 Å². The van der Waals surface area contributed by atoms with Crippen LogP contribution >= 0.6 is 12.6 Å². The summed E-state index contributed by atoms with van der Waals surface area (Å²) in [6.07, 6.45) is 2.08. The van der Waals surface area contributed by atoms with E-state index in [1.54, 1.807) is 0 Å². The summed E-state index contributed by atoms with van der Waals surface area (Å²) in [5.41, 5.74) is 34.8. The number of aliphatic carboxylic acids is 3. The van der Waals surface area contributed by atoms with Gasteiger partial charge in [-0.05, 0) is 178 Å². The molecule has 37 nitrogen and oxygen atoms in total. The number of carboxylic acids is 3. The van der Waals surface area contributed by atoms with Gasteiger partial charge in [-0.1, -0.05) is 26.0 Å². The van der Waals surface area contributed by atoms with E-state index in [0.29, 0.717) is 70.0 Å². The molecule has 104 heavy (non-hydrogen) atoms. The van der Waals surface area contributed by atoms with Gasteiger partial charge >= 0.3 is 17.9 Å². The molecule has 12 atom stereocenters. The molecular formula is C66H111N19O18S. The van der Waals surface area contributed by atoms with E-state index >= 15 is 0 Å². The van der Waals surface area contributed by atoms with Gasteiger partial charge in [-0.15, -0.1) is 0 Å². The van der Waals surface area contributed by atoms with E-state index in [1.807, 2.05) is 0 Å². The van der Waals surface area contributed by atoms with E-state index in [1.165, 1.54) is 38.1 Å². The Kier molecular flexibility index (Phi) is 41.3. The van der Waals surface area contributed by atoms with Crippen LogP contribution < -0.4 is 92.9 Å². The first-order valence-electron chi connectivity index (χ1n) is 35.5. The van der Waals surface area contributed by atoms with Crippen LogP contribution in [0.15, 0.2) is 29.3 Å². The number of carboxylic acid groups (broad SMARTS) is 3. The van der Waals surface area contributed by atoms with Gasteiger partial charge in [-0.2, -0.15) is 12.6 Å². The second-order valence-electron chi connectivity index (χ2n) is 26.1. The molecule has 2 heterocycles. The molecule has 27 N–H and O–H groups in total. The molecule has 0 saturated carbocycles. The molecule has 38 heteroatoms. The molecule has 3 rings (SSSR count). The normalized spacial score (nSPS) is 16.9. The van der Waals surface area contributed by atoms with Gasteiger partial charge in [0.1, 0.15) is 72.2 Å². The number of phenolic OH excluding ortho intramolecular Hbond substituents is 1. The Bertz CT molecular complexity index is 3030. The lowest BCUT2D eigenvalue weighted by Gasteiger charge is -2.31. The molecule has 0 aromatic heterocycles. The number of likely N-dealkylation sites (tertiary alicyclic amines) is 1. The number of phenols is 1. The number of benzene rings is 1. The van der Waals surface area contributed by atoms with Crippen molar-refractivity contribution in [3.63, 3.8) is 0 Å². The zero-order valence-electron chi connectivity index (χ0n) is 59.3. The highest BCUT2D eigenvalue weighted by Gasteiger charge is 2.42. The summed E-state index contributed by atoms with van der Waals surface area (Å²) in [6, 6.07) is -11.2.